The highest BCUT2D eigenvalue weighted by atomic mass is 15.2. The molecule has 0 aliphatic heterocycles. The summed E-state index contributed by atoms with van der Waals surface area (Å²) in [5, 5.41) is 2.39. The zero-order valence-corrected chi connectivity index (χ0v) is 28.0. The summed E-state index contributed by atoms with van der Waals surface area (Å²) in [6, 6.07) is 75.8. The normalized spacial score (nSPS) is 11.1. The van der Waals surface area contributed by atoms with Gasteiger partial charge in [0.2, 0.25) is 0 Å². The molecule has 0 aliphatic rings. The molecule has 0 spiro atoms. The van der Waals surface area contributed by atoms with Crippen LogP contribution in [0.25, 0.3) is 38.6 Å². The predicted octanol–water partition coefficient (Wildman–Crippen LogP) is 13.4. The van der Waals surface area contributed by atoms with E-state index < -0.39 is 0 Å². The van der Waals surface area contributed by atoms with Crippen molar-refractivity contribution in [3.8, 4) is 16.8 Å². The minimum Gasteiger partial charge on any atom is -0.310 e. The Morgan fingerprint density at radius 3 is 1.43 bits per heavy atom. The molecule has 0 aliphatic carbocycles. The SMILES string of the molecule is c1ccc(-c2cccc(N(c3ccccc3)c3cc(N(c4ccccc4)c4ccccc4)cc4c3c3ccccc3n4-c3ccccc3)c2)cc1. The molecular formula is C48H35N3. The lowest BCUT2D eigenvalue weighted by atomic mass is 10.0. The maximum Gasteiger partial charge on any atom is 0.0583 e. The van der Waals surface area contributed by atoms with Crippen LogP contribution >= 0.6 is 0 Å². The number of benzene rings is 8. The number of fused-ring (bicyclic) bond motifs is 3. The Kier molecular flexibility index (Phi) is 7.84. The second-order valence-electron chi connectivity index (χ2n) is 12.6. The van der Waals surface area contributed by atoms with Crippen LogP contribution in [0.4, 0.5) is 34.1 Å². The van der Waals surface area contributed by atoms with Crippen LogP contribution in [0.5, 0.6) is 0 Å². The summed E-state index contributed by atoms with van der Waals surface area (Å²) in [5.41, 5.74) is 12.3. The second-order valence-corrected chi connectivity index (χ2v) is 12.6. The topological polar surface area (TPSA) is 11.4 Å². The van der Waals surface area contributed by atoms with Crippen LogP contribution < -0.4 is 9.80 Å². The quantitative estimate of drug-likeness (QED) is 0.162. The van der Waals surface area contributed by atoms with Gasteiger partial charge in [-0.05, 0) is 90.0 Å². The fraction of sp³-hybridized carbons (Fsp3) is 0. The van der Waals surface area contributed by atoms with Crippen molar-refractivity contribution in [2.45, 2.75) is 0 Å². The third kappa shape index (κ3) is 5.61. The maximum absolute atomic E-state index is 2.42. The molecule has 0 unspecified atom stereocenters. The lowest BCUT2D eigenvalue weighted by Crippen LogP contribution is -2.14. The van der Waals surface area contributed by atoms with Crippen molar-refractivity contribution >= 4 is 55.9 Å². The zero-order valence-electron chi connectivity index (χ0n) is 28.0. The number of anilines is 6. The van der Waals surface area contributed by atoms with Crippen LogP contribution in [-0.4, -0.2) is 4.57 Å². The smallest absolute Gasteiger partial charge is 0.0583 e. The van der Waals surface area contributed by atoms with E-state index in [2.05, 4.69) is 227 Å². The standard InChI is InChI=1S/C48H35N3/c1-6-19-36(20-7-1)37-21-18-30-42(33-37)50(40-26-12-4-13-27-40)46-34-43(49(38-22-8-2-9-23-38)39-24-10-3-11-25-39)35-47-48(46)44-31-16-17-32-45(44)51(47)41-28-14-5-15-29-41/h1-35H. The number of nitrogens with zero attached hydrogens (tertiary/aromatic N) is 3. The molecule has 9 aromatic rings. The molecule has 3 heteroatoms. The number of hydrogen-bond acceptors (Lipinski definition) is 2. The molecule has 242 valence electrons. The van der Waals surface area contributed by atoms with Gasteiger partial charge in [-0.15, -0.1) is 0 Å². The summed E-state index contributed by atoms with van der Waals surface area (Å²) in [4.78, 5) is 4.79. The van der Waals surface area contributed by atoms with Gasteiger partial charge in [-0.2, -0.15) is 0 Å². The number of hydrogen-bond donors (Lipinski definition) is 0. The van der Waals surface area contributed by atoms with Gasteiger partial charge in [0.25, 0.3) is 0 Å². The number of rotatable bonds is 8. The highest BCUT2D eigenvalue weighted by molar-refractivity contribution is 6.18. The van der Waals surface area contributed by atoms with E-state index in [0.717, 1.165) is 50.8 Å². The molecular weight excluding hydrogens is 619 g/mol. The van der Waals surface area contributed by atoms with Crippen LogP contribution in [0.1, 0.15) is 0 Å². The van der Waals surface area contributed by atoms with E-state index >= 15 is 0 Å². The van der Waals surface area contributed by atoms with Crippen LogP contribution in [0.3, 0.4) is 0 Å². The van der Waals surface area contributed by atoms with Crippen molar-refractivity contribution < 1.29 is 0 Å². The fourth-order valence-corrected chi connectivity index (χ4v) is 7.28. The third-order valence-corrected chi connectivity index (χ3v) is 9.50. The van der Waals surface area contributed by atoms with Crippen molar-refractivity contribution in [3.05, 3.63) is 212 Å². The molecule has 0 amide bonds. The van der Waals surface area contributed by atoms with Crippen molar-refractivity contribution in [2.75, 3.05) is 9.80 Å². The zero-order chi connectivity index (χ0) is 34.0. The van der Waals surface area contributed by atoms with Gasteiger partial charge >= 0.3 is 0 Å². The van der Waals surface area contributed by atoms with E-state index in [0.29, 0.717) is 0 Å². The van der Waals surface area contributed by atoms with Gasteiger partial charge in [-0.25, -0.2) is 0 Å². The van der Waals surface area contributed by atoms with E-state index in [1.165, 1.54) is 21.9 Å². The molecule has 0 bridgehead atoms. The van der Waals surface area contributed by atoms with E-state index in [9.17, 15) is 0 Å². The number of para-hydroxylation sites is 5. The van der Waals surface area contributed by atoms with Crippen molar-refractivity contribution in [2.24, 2.45) is 0 Å². The Balaban J connectivity index is 1.41. The molecule has 9 rings (SSSR count). The number of aromatic nitrogens is 1. The van der Waals surface area contributed by atoms with Gasteiger partial charge < -0.3 is 14.4 Å². The summed E-state index contributed by atoms with van der Waals surface area (Å²) >= 11 is 0. The van der Waals surface area contributed by atoms with Crippen LogP contribution in [0.15, 0.2) is 212 Å². The lowest BCUT2D eigenvalue weighted by Gasteiger charge is -2.30. The van der Waals surface area contributed by atoms with Crippen molar-refractivity contribution in [1.29, 1.82) is 0 Å². The average Bonchev–Trinajstić information content (AvgIpc) is 3.54. The van der Waals surface area contributed by atoms with Crippen molar-refractivity contribution in [1.82, 2.24) is 4.57 Å². The first-order valence-corrected chi connectivity index (χ1v) is 17.4. The highest BCUT2D eigenvalue weighted by Gasteiger charge is 2.25. The Bertz CT molecular complexity index is 2520. The maximum atomic E-state index is 2.42. The first-order chi connectivity index (χ1) is 25.3. The highest BCUT2D eigenvalue weighted by Crippen LogP contribution is 2.48. The van der Waals surface area contributed by atoms with E-state index in [-0.39, 0.29) is 0 Å². The summed E-state index contributed by atoms with van der Waals surface area (Å²) in [7, 11) is 0. The fourth-order valence-electron chi connectivity index (χ4n) is 7.28. The van der Waals surface area contributed by atoms with Crippen LogP contribution in [-0.2, 0) is 0 Å². The molecule has 8 aromatic carbocycles. The Morgan fingerprint density at radius 1 is 0.314 bits per heavy atom. The van der Waals surface area contributed by atoms with E-state index in [4.69, 9.17) is 0 Å². The molecule has 3 nitrogen and oxygen atoms in total. The minimum absolute atomic E-state index is 1.06. The van der Waals surface area contributed by atoms with E-state index in [1.54, 1.807) is 0 Å². The molecule has 0 fully saturated rings. The molecule has 0 atom stereocenters. The van der Waals surface area contributed by atoms with Gasteiger partial charge in [-0.3, -0.25) is 0 Å². The summed E-state index contributed by atoms with van der Waals surface area (Å²) < 4.78 is 2.41. The van der Waals surface area contributed by atoms with Gasteiger partial charge in [-0.1, -0.05) is 133 Å². The third-order valence-electron chi connectivity index (χ3n) is 9.50. The van der Waals surface area contributed by atoms with Crippen LogP contribution in [0.2, 0.25) is 0 Å². The first-order valence-electron chi connectivity index (χ1n) is 17.4. The van der Waals surface area contributed by atoms with Crippen LogP contribution in [0, 0.1) is 0 Å². The molecule has 0 N–H and O–H groups in total. The molecule has 51 heavy (non-hydrogen) atoms. The van der Waals surface area contributed by atoms with Gasteiger partial charge in [0, 0.05) is 39.2 Å². The summed E-state index contributed by atoms with van der Waals surface area (Å²) in [5.74, 6) is 0. The van der Waals surface area contributed by atoms with Crippen molar-refractivity contribution in [3.63, 3.8) is 0 Å². The summed E-state index contributed by atoms with van der Waals surface area (Å²) in [6.07, 6.45) is 0. The Hall–Kier alpha value is -6.84. The molecule has 0 saturated carbocycles. The largest absolute Gasteiger partial charge is 0.310 e. The molecule has 1 heterocycles. The minimum atomic E-state index is 1.06. The predicted molar refractivity (Wildman–Crippen MR) is 216 cm³/mol. The lowest BCUT2D eigenvalue weighted by molar-refractivity contribution is 1.17. The van der Waals surface area contributed by atoms with Gasteiger partial charge in [0.1, 0.15) is 0 Å². The Labute approximate surface area is 298 Å². The summed E-state index contributed by atoms with van der Waals surface area (Å²) in [6.45, 7) is 0. The first kappa shape index (κ1) is 30.2. The average molecular weight is 654 g/mol. The Morgan fingerprint density at radius 2 is 0.804 bits per heavy atom. The second kappa shape index (κ2) is 13.2. The van der Waals surface area contributed by atoms with E-state index in [1.807, 2.05) is 0 Å². The molecule has 0 radical (unpaired) electrons. The molecule has 1 aromatic heterocycles. The molecule has 0 saturated heterocycles. The van der Waals surface area contributed by atoms with Gasteiger partial charge in [0.15, 0.2) is 0 Å². The monoisotopic (exact) mass is 653 g/mol. The van der Waals surface area contributed by atoms with Gasteiger partial charge in [0.05, 0.1) is 22.4 Å².